The molecule has 0 spiro atoms. The molecule has 120 valence electrons. The third-order valence-corrected chi connectivity index (χ3v) is 3.73. The number of nitrogens with zero attached hydrogens (tertiary/aromatic N) is 1. The number of alkyl carbamates (subject to hydrolysis) is 1. The number of para-hydroxylation sites is 1. The normalized spacial score (nSPS) is 14.6. The molecule has 0 saturated heterocycles. The number of anilines is 1. The summed E-state index contributed by atoms with van der Waals surface area (Å²) in [5.74, 6) is 0.237. The van der Waals surface area contributed by atoms with Crippen molar-refractivity contribution < 1.29 is 14.3 Å². The summed E-state index contributed by atoms with van der Waals surface area (Å²) >= 11 is 0. The van der Waals surface area contributed by atoms with Gasteiger partial charge in [0.15, 0.2) is 0 Å². The average molecular weight is 304 g/mol. The van der Waals surface area contributed by atoms with E-state index in [1.165, 1.54) is 5.56 Å². The molecule has 1 atom stereocenters. The molecule has 5 nitrogen and oxygen atoms in total. The summed E-state index contributed by atoms with van der Waals surface area (Å²) in [5.41, 5.74) is 2.13. The maximum atomic E-state index is 12.8. The lowest BCUT2D eigenvalue weighted by Crippen LogP contribution is -2.49. The lowest BCUT2D eigenvalue weighted by Gasteiger charge is -2.25. The predicted molar refractivity (Wildman–Crippen MR) is 85.9 cm³/mol. The van der Waals surface area contributed by atoms with E-state index in [1.54, 1.807) is 11.8 Å². The van der Waals surface area contributed by atoms with Crippen LogP contribution in [-0.2, 0) is 16.0 Å². The molecule has 2 rings (SSSR count). The minimum atomic E-state index is -0.551. The third kappa shape index (κ3) is 3.78. The minimum Gasteiger partial charge on any atom is -0.450 e. The molecule has 1 aromatic rings. The highest BCUT2D eigenvalue weighted by Crippen LogP contribution is 2.28. The van der Waals surface area contributed by atoms with Crippen LogP contribution in [0, 0.1) is 5.92 Å². The molecule has 1 heterocycles. The summed E-state index contributed by atoms with van der Waals surface area (Å²) in [6, 6.07) is 7.36. The standard InChI is InChI=1S/C17H24N2O3/c1-4-22-17(21)18-14(11-12(2)3)16(20)19-10-9-13-7-5-6-8-15(13)19/h5-8,12,14H,4,9-11H2,1-3H3,(H,18,21)/t14-/m1/s1. The van der Waals surface area contributed by atoms with Gasteiger partial charge in [-0.05, 0) is 37.3 Å². The summed E-state index contributed by atoms with van der Waals surface area (Å²) < 4.78 is 4.92. The van der Waals surface area contributed by atoms with Gasteiger partial charge in [-0.25, -0.2) is 4.79 Å². The first-order chi connectivity index (χ1) is 10.5. The first-order valence-corrected chi connectivity index (χ1v) is 7.85. The lowest BCUT2D eigenvalue weighted by atomic mass is 10.0. The van der Waals surface area contributed by atoms with Crippen LogP contribution in [0.5, 0.6) is 0 Å². The molecule has 5 heteroatoms. The quantitative estimate of drug-likeness (QED) is 0.910. The van der Waals surface area contributed by atoms with Gasteiger partial charge in [-0.2, -0.15) is 0 Å². The number of amides is 2. The third-order valence-electron chi connectivity index (χ3n) is 3.73. The number of carbonyl (C=O) groups is 2. The molecule has 22 heavy (non-hydrogen) atoms. The highest BCUT2D eigenvalue weighted by molar-refractivity contribution is 6.00. The number of fused-ring (bicyclic) bond motifs is 1. The van der Waals surface area contributed by atoms with Crippen molar-refractivity contribution in [1.82, 2.24) is 5.32 Å². The molecule has 1 aliphatic rings. The van der Waals surface area contributed by atoms with E-state index in [2.05, 4.69) is 5.32 Å². The summed E-state index contributed by atoms with van der Waals surface area (Å²) in [7, 11) is 0. The fourth-order valence-corrected chi connectivity index (χ4v) is 2.76. The lowest BCUT2D eigenvalue weighted by molar-refractivity contribution is -0.120. The van der Waals surface area contributed by atoms with Gasteiger partial charge in [0.2, 0.25) is 5.91 Å². The van der Waals surface area contributed by atoms with E-state index < -0.39 is 12.1 Å². The van der Waals surface area contributed by atoms with Crippen molar-refractivity contribution in [2.75, 3.05) is 18.1 Å². The summed E-state index contributed by atoms with van der Waals surface area (Å²) in [4.78, 5) is 26.3. The van der Waals surface area contributed by atoms with E-state index in [-0.39, 0.29) is 5.91 Å². The number of ether oxygens (including phenoxy) is 1. The van der Waals surface area contributed by atoms with Crippen LogP contribution in [0.4, 0.5) is 10.5 Å². The Labute approximate surface area is 131 Å². The van der Waals surface area contributed by atoms with Gasteiger partial charge in [-0.1, -0.05) is 32.0 Å². The Kier molecular flexibility index (Phi) is 5.41. The molecular weight excluding hydrogens is 280 g/mol. The number of hydrogen-bond acceptors (Lipinski definition) is 3. The van der Waals surface area contributed by atoms with E-state index in [9.17, 15) is 9.59 Å². The second-order valence-corrected chi connectivity index (χ2v) is 5.92. The molecule has 0 radical (unpaired) electrons. The van der Waals surface area contributed by atoms with E-state index in [0.29, 0.717) is 25.5 Å². The number of benzene rings is 1. The molecule has 1 N–H and O–H groups in total. The molecule has 0 aromatic heterocycles. The summed E-state index contributed by atoms with van der Waals surface area (Å²) in [6.07, 6.45) is 0.917. The van der Waals surface area contributed by atoms with Crippen molar-refractivity contribution in [3.63, 3.8) is 0 Å². The Hall–Kier alpha value is -2.04. The van der Waals surface area contributed by atoms with E-state index in [4.69, 9.17) is 4.74 Å². The fraction of sp³-hybridized carbons (Fsp3) is 0.529. The Balaban J connectivity index is 2.13. The first-order valence-electron chi connectivity index (χ1n) is 7.85. The van der Waals surface area contributed by atoms with Gasteiger partial charge in [0.1, 0.15) is 6.04 Å². The smallest absolute Gasteiger partial charge is 0.407 e. The van der Waals surface area contributed by atoms with Crippen molar-refractivity contribution in [3.8, 4) is 0 Å². The van der Waals surface area contributed by atoms with Crippen molar-refractivity contribution in [3.05, 3.63) is 29.8 Å². The van der Waals surface area contributed by atoms with Crippen LogP contribution >= 0.6 is 0 Å². The first kappa shape index (κ1) is 16.3. The number of carbonyl (C=O) groups excluding carboxylic acids is 2. The van der Waals surface area contributed by atoms with Gasteiger partial charge in [0.25, 0.3) is 0 Å². The largest absolute Gasteiger partial charge is 0.450 e. The van der Waals surface area contributed by atoms with Crippen molar-refractivity contribution in [2.24, 2.45) is 5.92 Å². The Morgan fingerprint density at radius 3 is 2.73 bits per heavy atom. The van der Waals surface area contributed by atoms with Crippen LogP contribution < -0.4 is 10.2 Å². The molecule has 0 unspecified atom stereocenters. The van der Waals surface area contributed by atoms with Crippen LogP contribution in [0.1, 0.15) is 32.8 Å². The zero-order chi connectivity index (χ0) is 16.1. The summed E-state index contributed by atoms with van der Waals surface area (Å²) in [5, 5.41) is 2.70. The zero-order valence-electron chi connectivity index (χ0n) is 13.5. The predicted octanol–water partition coefficient (Wildman–Crippen LogP) is 2.74. The molecule has 0 bridgehead atoms. The van der Waals surface area contributed by atoms with Gasteiger partial charge in [0, 0.05) is 12.2 Å². The Morgan fingerprint density at radius 2 is 2.05 bits per heavy atom. The monoisotopic (exact) mass is 304 g/mol. The van der Waals surface area contributed by atoms with Gasteiger partial charge in [-0.15, -0.1) is 0 Å². The minimum absolute atomic E-state index is 0.0632. The van der Waals surface area contributed by atoms with E-state index in [0.717, 1.165) is 12.1 Å². The van der Waals surface area contributed by atoms with Crippen LogP contribution in [0.25, 0.3) is 0 Å². The van der Waals surface area contributed by atoms with Gasteiger partial charge < -0.3 is 15.0 Å². The van der Waals surface area contributed by atoms with Crippen molar-refractivity contribution in [1.29, 1.82) is 0 Å². The zero-order valence-corrected chi connectivity index (χ0v) is 13.5. The molecule has 0 aliphatic carbocycles. The molecular formula is C17H24N2O3. The van der Waals surface area contributed by atoms with Crippen LogP contribution in [0.3, 0.4) is 0 Å². The van der Waals surface area contributed by atoms with Crippen LogP contribution in [0.15, 0.2) is 24.3 Å². The Bertz CT molecular complexity index is 542. The van der Waals surface area contributed by atoms with Crippen LogP contribution in [0.2, 0.25) is 0 Å². The molecule has 1 aliphatic heterocycles. The maximum absolute atomic E-state index is 12.8. The van der Waals surface area contributed by atoms with Gasteiger partial charge in [-0.3, -0.25) is 4.79 Å². The van der Waals surface area contributed by atoms with E-state index >= 15 is 0 Å². The number of hydrogen-bond donors (Lipinski definition) is 1. The summed E-state index contributed by atoms with van der Waals surface area (Å²) in [6.45, 7) is 6.77. The van der Waals surface area contributed by atoms with Crippen molar-refractivity contribution in [2.45, 2.75) is 39.7 Å². The average Bonchev–Trinajstić information content (AvgIpc) is 2.89. The SMILES string of the molecule is CCOC(=O)N[C@H](CC(C)C)C(=O)N1CCc2ccccc21. The number of rotatable bonds is 5. The topological polar surface area (TPSA) is 58.6 Å². The molecule has 0 saturated carbocycles. The van der Waals surface area contributed by atoms with Crippen molar-refractivity contribution >= 4 is 17.7 Å². The highest BCUT2D eigenvalue weighted by Gasteiger charge is 2.31. The number of nitrogens with one attached hydrogen (secondary N) is 1. The van der Waals surface area contributed by atoms with Gasteiger partial charge >= 0.3 is 6.09 Å². The molecule has 0 fully saturated rings. The molecule has 2 amide bonds. The molecule has 1 aromatic carbocycles. The van der Waals surface area contributed by atoms with Gasteiger partial charge in [0.05, 0.1) is 6.61 Å². The van der Waals surface area contributed by atoms with E-state index in [1.807, 2.05) is 38.1 Å². The second kappa shape index (κ2) is 7.29. The Morgan fingerprint density at radius 1 is 1.32 bits per heavy atom. The second-order valence-electron chi connectivity index (χ2n) is 5.92. The maximum Gasteiger partial charge on any atom is 0.407 e. The van der Waals surface area contributed by atoms with Crippen LogP contribution in [-0.4, -0.2) is 31.2 Å². The highest BCUT2D eigenvalue weighted by atomic mass is 16.5. The fourth-order valence-electron chi connectivity index (χ4n) is 2.76.